The molecule has 0 aliphatic carbocycles. The first-order valence-electron chi connectivity index (χ1n) is 9.30. The molecule has 0 aromatic heterocycles. The molecule has 0 spiro atoms. The number of benzene rings is 2. The first-order chi connectivity index (χ1) is 12.9. The monoisotopic (exact) mass is 386 g/mol. The second kappa shape index (κ2) is 8.13. The van der Waals surface area contributed by atoms with Crippen molar-refractivity contribution in [2.45, 2.75) is 31.6 Å². The van der Waals surface area contributed by atoms with Gasteiger partial charge >= 0.3 is 0 Å². The predicted molar refractivity (Wildman–Crippen MR) is 107 cm³/mol. The molecule has 0 radical (unpaired) electrons. The van der Waals surface area contributed by atoms with Gasteiger partial charge in [-0.2, -0.15) is 0 Å². The molecule has 144 valence electrons. The fourth-order valence-corrected chi connectivity index (χ4v) is 4.82. The molecule has 0 saturated carbocycles. The van der Waals surface area contributed by atoms with Crippen LogP contribution in [0.25, 0.3) is 0 Å². The summed E-state index contributed by atoms with van der Waals surface area (Å²) in [5.41, 5.74) is 1.54. The summed E-state index contributed by atoms with van der Waals surface area (Å²) in [6.07, 6.45) is 2.07. The van der Waals surface area contributed by atoms with Crippen LogP contribution < -0.4 is 4.31 Å². The number of carbonyl (C=O) groups is 1. The topological polar surface area (TPSA) is 57.7 Å². The average Bonchev–Trinajstić information content (AvgIpc) is 2.67. The lowest BCUT2D eigenvalue weighted by Gasteiger charge is -2.33. The molecular formula is C21H26N2O3S. The van der Waals surface area contributed by atoms with E-state index in [9.17, 15) is 13.2 Å². The van der Waals surface area contributed by atoms with E-state index < -0.39 is 10.0 Å². The van der Waals surface area contributed by atoms with E-state index in [-0.39, 0.29) is 17.3 Å². The Morgan fingerprint density at radius 2 is 1.78 bits per heavy atom. The van der Waals surface area contributed by atoms with Gasteiger partial charge in [-0.1, -0.05) is 42.8 Å². The van der Waals surface area contributed by atoms with Crippen LogP contribution in [-0.2, 0) is 14.8 Å². The number of amides is 1. The van der Waals surface area contributed by atoms with E-state index >= 15 is 0 Å². The van der Waals surface area contributed by atoms with Crippen molar-refractivity contribution >= 4 is 21.6 Å². The van der Waals surface area contributed by atoms with Crippen molar-refractivity contribution in [1.82, 2.24) is 4.90 Å². The van der Waals surface area contributed by atoms with Gasteiger partial charge in [0.2, 0.25) is 5.91 Å². The maximum atomic E-state index is 13.3. The summed E-state index contributed by atoms with van der Waals surface area (Å²) in [6, 6.07) is 15.5. The summed E-state index contributed by atoms with van der Waals surface area (Å²) < 4.78 is 27.7. The largest absolute Gasteiger partial charge is 0.341 e. The molecule has 27 heavy (non-hydrogen) atoms. The van der Waals surface area contributed by atoms with Gasteiger partial charge in [0.15, 0.2) is 0 Å². The zero-order chi connectivity index (χ0) is 19.4. The predicted octanol–water partition coefficient (Wildman–Crippen LogP) is 3.45. The molecule has 1 amide bonds. The van der Waals surface area contributed by atoms with E-state index in [1.165, 1.54) is 4.31 Å². The molecule has 0 N–H and O–H groups in total. The van der Waals surface area contributed by atoms with Gasteiger partial charge in [-0.15, -0.1) is 0 Å². The van der Waals surface area contributed by atoms with Crippen molar-refractivity contribution in [1.29, 1.82) is 0 Å². The minimum Gasteiger partial charge on any atom is -0.341 e. The Balaban J connectivity index is 1.93. The van der Waals surface area contributed by atoms with Crippen LogP contribution in [0.2, 0.25) is 0 Å². The molecule has 3 rings (SSSR count). The number of rotatable bonds is 5. The number of carbonyl (C=O) groups excluding carboxylic acids is 1. The standard InChI is InChI=1S/C21H26N2O3S/c1-17-10-12-19(13-11-17)23(27(25,26)20-8-4-3-5-9-20)16-21(24)22-14-6-7-18(2)15-22/h3-5,8-13,18H,6-7,14-16H2,1-2H3/t18-/m1/s1. The minimum absolute atomic E-state index is 0.151. The Labute approximate surface area is 161 Å². The maximum absolute atomic E-state index is 13.3. The minimum atomic E-state index is -3.83. The Morgan fingerprint density at radius 3 is 2.41 bits per heavy atom. The van der Waals surface area contributed by atoms with Crippen molar-refractivity contribution in [3.05, 3.63) is 60.2 Å². The second-order valence-electron chi connectivity index (χ2n) is 7.25. The van der Waals surface area contributed by atoms with Crippen molar-refractivity contribution in [3.8, 4) is 0 Å². The first-order valence-corrected chi connectivity index (χ1v) is 10.7. The molecule has 1 saturated heterocycles. The summed E-state index contributed by atoms with van der Waals surface area (Å²) in [5.74, 6) is 0.294. The normalized spacial score (nSPS) is 17.6. The summed E-state index contributed by atoms with van der Waals surface area (Å²) in [7, 11) is -3.83. The molecule has 2 aromatic carbocycles. The van der Waals surface area contributed by atoms with Crippen LogP contribution in [0, 0.1) is 12.8 Å². The van der Waals surface area contributed by atoms with Crippen LogP contribution in [0.15, 0.2) is 59.5 Å². The van der Waals surface area contributed by atoms with Gasteiger partial charge in [0.05, 0.1) is 10.6 Å². The smallest absolute Gasteiger partial charge is 0.264 e. The van der Waals surface area contributed by atoms with Crippen LogP contribution in [0.5, 0.6) is 0 Å². The number of nitrogens with zero attached hydrogens (tertiary/aromatic N) is 2. The molecule has 0 unspecified atom stereocenters. The Kier molecular flexibility index (Phi) is 5.85. The maximum Gasteiger partial charge on any atom is 0.264 e. The highest BCUT2D eigenvalue weighted by Crippen LogP contribution is 2.25. The number of hydrogen-bond donors (Lipinski definition) is 0. The summed E-state index contributed by atoms with van der Waals surface area (Å²) in [4.78, 5) is 14.9. The molecule has 1 aliphatic heterocycles. The van der Waals surface area contributed by atoms with Gasteiger partial charge in [0.1, 0.15) is 6.54 Å². The zero-order valence-electron chi connectivity index (χ0n) is 15.8. The molecule has 2 aromatic rings. The van der Waals surface area contributed by atoms with Crippen LogP contribution in [-0.4, -0.2) is 38.9 Å². The zero-order valence-corrected chi connectivity index (χ0v) is 16.7. The third-order valence-corrected chi connectivity index (χ3v) is 6.73. The highest BCUT2D eigenvalue weighted by Gasteiger charge is 2.30. The van der Waals surface area contributed by atoms with Gasteiger partial charge in [-0.05, 0) is 49.9 Å². The summed E-state index contributed by atoms with van der Waals surface area (Å²) >= 11 is 0. The SMILES string of the molecule is Cc1ccc(N(CC(=O)N2CCC[C@@H](C)C2)S(=O)(=O)c2ccccc2)cc1. The number of anilines is 1. The molecule has 6 heteroatoms. The van der Waals surface area contributed by atoms with E-state index in [0.29, 0.717) is 24.7 Å². The molecule has 1 atom stereocenters. The Morgan fingerprint density at radius 1 is 1.11 bits per heavy atom. The van der Waals surface area contributed by atoms with Gasteiger partial charge in [-0.3, -0.25) is 9.10 Å². The number of likely N-dealkylation sites (tertiary alicyclic amines) is 1. The molecule has 0 bridgehead atoms. The number of hydrogen-bond acceptors (Lipinski definition) is 3. The average molecular weight is 387 g/mol. The second-order valence-corrected chi connectivity index (χ2v) is 9.11. The van der Waals surface area contributed by atoms with E-state index in [2.05, 4.69) is 6.92 Å². The van der Waals surface area contributed by atoms with Gasteiger partial charge in [0.25, 0.3) is 10.0 Å². The van der Waals surface area contributed by atoms with Crippen molar-refractivity contribution in [2.75, 3.05) is 23.9 Å². The third kappa shape index (κ3) is 4.50. The van der Waals surface area contributed by atoms with Gasteiger partial charge < -0.3 is 4.90 Å². The van der Waals surface area contributed by atoms with E-state index in [1.807, 2.05) is 19.1 Å². The number of piperidine rings is 1. The summed E-state index contributed by atoms with van der Waals surface area (Å²) in [5, 5.41) is 0. The van der Waals surface area contributed by atoms with E-state index in [1.54, 1.807) is 47.4 Å². The first kappa shape index (κ1) is 19.4. The molecule has 5 nitrogen and oxygen atoms in total. The van der Waals surface area contributed by atoms with Crippen molar-refractivity contribution < 1.29 is 13.2 Å². The molecule has 1 fully saturated rings. The molecule has 1 aliphatic rings. The van der Waals surface area contributed by atoms with Crippen LogP contribution in [0.1, 0.15) is 25.3 Å². The Bertz CT molecular complexity index is 879. The van der Waals surface area contributed by atoms with E-state index in [4.69, 9.17) is 0 Å². The highest BCUT2D eigenvalue weighted by atomic mass is 32.2. The summed E-state index contributed by atoms with van der Waals surface area (Å²) in [6.45, 7) is 5.26. The molecular weight excluding hydrogens is 360 g/mol. The van der Waals surface area contributed by atoms with Gasteiger partial charge in [0, 0.05) is 13.1 Å². The van der Waals surface area contributed by atoms with Crippen LogP contribution >= 0.6 is 0 Å². The lowest BCUT2D eigenvalue weighted by Crippen LogP contribution is -2.46. The molecule has 1 heterocycles. The lowest BCUT2D eigenvalue weighted by atomic mass is 10.0. The van der Waals surface area contributed by atoms with Crippen molar-refractivity contribution in [3.63, 3.8) is 0 Å². The number of sulfonamides is 1. The lowest BCUT2D eigenvalue weighted by molar-refractivity contribution is -0.131. The number of aryl methyl sites for hydroxylation is 1. The fraction of sp³-hybridized carbons (Fsp3) is 0.381. The third-order valence-electron chi connectivity index (χ3n) is 4.94. The van der Waals surface area contributed by atoms with Gasteiger partial charge in [-0.25, -0.2) is 8.42 Å². The quantitative estimate of drug-likeness (QED) is 0.791. The fourth-order valence-electron chi connectivity index (χ4n) is 3.38. The van der Waals surface area contributed by atoms with Crippen LogP contribution in [0.4, 0.5) is 5.69 Å². The van der Waals surface area contributed by atoms with E-state index in [0.717, 1.165) is 18.4 Å². The van der Waals surface area contributed by atoms with Crippen LogP contribution in [0.3, 0.4) is 0 Å². The highest BCUT2D eigenvalue weighted by molar-refractivity contribution is 7.92. The Hall–Kier alpha value is -2.34. The van der Waals surface area contributed by atoms with Crippen molar-refractivity contribution in [2.24, 2.45) is 5.92 Å².